The first-order valence-electron chi connectivity index (χ1n) is 5.69. The molecule has 0 spiro atoms. The number of halogens is 1. The molecule has 0 bridgehead atoms. The fraction of sp³-hybridized carbons (Fsp3) is 0.500. The Labute approximate surface area is 106 Å². The van der Waals surface area contributed by atoms with Crippen molar-refractivity contribution in [2.24, 2.45) is 11.8 Å². The van der Waals surface area contributed by atoms with Crippen LogP contribution in [-0.2, 0) is 0 Å². The first kappa shape index (κ1) is 12.2. The Morgan fingerprint density at radius 1 is 1.47 bits per heavy atom. The lowest BCUT2D eigenvalue weighted by Gasteiger charge is -2.16. The second-order valence-corrected chi connectivity index (χ2v) is 5.16. The zero-order valence-electron chi connectivity index (χ0n) is 9.98. The molecule has 1 saturated heterocycles. The SMILES string of the molecule is CC1CN(C(=O)c2cnc(N)c(Cl)c2)CC1C. The summed E-state index contributed by atoms with van der Waals surface area (Å²) in [7, 11) is 0. The van der Waals surface area contributed by atoms with Gasteiger partial charge in [-0.3, -0.25) is 4.79 Å². The number of hydrogen-bond donors (Lipinski definition) is 1. The molecule has 1 aromatic rings. The van der Waals surface area contributed by atoms with Gasteiger partial charge in [0.15, 0.2) is 0 Å². The Morgan fingerprint density at radius 2 is 2.06 bits per heavy atom. The minimum Gasteiger partial charge on any atom is -0.382 e. The highest BCUT2D eigenvalue weighted by molar-refractivity contribution is 6.33. The Bertz CT molecular complexity index is 439. The molecule has 1 aromatic heterocycles. The third-order valence-electron chi connectivity index (χ3n) is 3.39. The van der Waals surface area contributed by atoms with E-state index in [0.717, 1.165) is 13.1 Å². The number of pyridine rings is 1. The van der Waals surface area contributed by atoms with Crippen molar-refractivity contribution >= 4 is 23.3 Å². The summed E-state index contributed by atoms with van der Waals surface area (Å²) in [5, 5.41) is 0.330. The van der Waals surface area contributed by atoms with Gasteiger partial charge >= 0.3 is 0 Å². The van der Waals surface area contributed by atoms with Crippen molar-refractivity contribution in [3.8, 4) is 0 Å². The van der Waals surface area contributed by atoms with Gasteiger partial charge in [0.25, 0.3) is 5.91 Å². The van der Waals surface area contributed by atoms with Crippen LogP contribution in [0, 0.1) is 11.8 Å². The topological polar surface area (TPSA) is 59.2 Å². The van der Waals surface area contributed by atoms with E-state index in [1.54, 1.807) is 6.07 Å². The van der Waals surface area contributed by atoms with E-state index in [2.05, 4.69) is 18.8 Å². The van der Waals surface area contributed by atoms with Crippen molar-refractivity contribution in [3.63, 3.8) is 0 Å². The van der Waals surface area contributed by atoms with E-state index < -0.39 is 0 Å². The Balaban J connectivity index is 2.17. The maximum absolute atomic E-state index is 12.2. The summed E-state index contributed by atoms with van der Waals surface area (Å²) in [6.07, 6.45) is 1.48. The van der Waals surface area contributed by atoms with Crippen LogP contribution in [0.2, 0.25) is 5.02 Å². The Morgan fingerprint density at radius 3 is 2.59 bits per heavy atom. The Kier molecular flexibility index (Phi) is 3.24. The standard InChI is InChI=1S/C12H16ClN3O/c1-7-5-16(6-8(7)2)12(17)9-3-10(13)11(14)15-4-9/h3-4,7-8H,5-6H2,1-2H3,(H2,14,15). The van der Waals surface area contributed by atoms with Crippen molar-refractivity contribution in [2.75, 3.05) is 18.8 Å². The molecular weight excluding hydrogens is 238 g/mol. The number of likely N-dealkylation sites (tertiary alicyclic amines) is 1. The number of hydrogen-bond acceptors (Lipinski definition) is 3. The zero-order valence-corrected chi connectivity index (χ0v) is 10.7. The molecule has 17 heavy (non-hydrogen) atoms. The largest absolute Gasteiger partial charge is 0.382 e. The molecule has 0 aliphatic carbocycles. The molecule has 1 aliphatic heterocycles. The van der Waals surface area contributed by atoms with Crippen molar-refractivity contribution < 1.29 is 4.79 Å². The maximum atomic E-state index is 12.2. The molecule has 5 heteroatoms. The van der Waals surface area contributed by atoms with Crippen LogP contribution in [-0.4, -0.2) is 28.9 Å². The highest BCUT2D eigenvalue weighted by Crippen LogP contribution is 2.25. The molecule has 0 saturated carbocycles. The molecule has 1 fully saturated rings. The van der Waals surface area contributed by atoms with Crippen LogP contribution >= 0.6 is 11.6 Å². The van der Waals surface area contributed by atoms with Gasteiger partial charge in [0, 0.05) is 19.3 Å². The molecule has 2 N–H and O–H groups in total. The fourth-order valence-corrected chi connectivity index (χ4v) is 2.21. The molecule has 92 valence electrons. The summed E-state index contributed by atoms with van der Waals surface area (Å²) in [6.45, 7) is 5.91. The molecule has 0 radical (unpaired) electrons. The summed E-state index contributed by atoms with van der Waals surface area (Å²) in [4.78, 5) is 17.9. The summed E-state index contributed by atoms with van der Waals surface area (Å²) in [5.74, 6) is 1.31. The van der Waals surface area contributed by atoms with Gasteiger partial charge in [0.1, 0.15) is 5.82 Å². The van der Waals surface area contributed by atoms with E-state index in [1.807, 2.05) is 4.90 Å². The molecule has 4 nitrogen and oxygen atoms in total. The van der Waals surface area contributed by atoms with Crippen LogP contribution in [0.4, 0.5) is 5.82 Å². The smallest absolute Gasteiger partial charge is 0.255 e. The predicted molar refractivity (Wildman–Crippen MR) is 67.9 cm³/mol. The minimum absolute atomic E-state index is 0.0180. The summed E-state index contributed by atoms with van der Waals surface area (Å²) in [5.41, 5.74) is 6.02. The fourth-order valence-electron chi connectivity index (χ4n) is 2.04. The highest BCUT2D eigenvalue weighted by atomic mass is 35.5. The van der Waals surface area contributed by atoms with Crippen molar-refractivity contribution in [1.29, 1.82) is 0 Å². The highest BCUT2D eigenvalue weighted by Gasteiger charge is 2.30. The Hall–Kier alpha value is -1.29. The lowest BCUT2D eigenvalue weighted by Crippen LogP contribution is -2.29. The molecule has 1 aliphatic rings. The average Bonchev–Trinajstić information content (AvgIpc) is 2.62. The van der Waals surface area contributed by atoms with Crippen LogP contribution in [0.5, 0.6) is 0 Å². The van der Waals surface area contributed by atoms with Gasteiger partial charge in [-0.15, -0.1) is 0 Å². The number of amides is 1. The van der Waals surface area contributed by atoms with E-state index in [4.69, 9.17) is 17.3 Å². The third-order valence-corrected chi connectivity index (χ3v) is 3.69. The molecule has 2 atom stereocenters. The monoisotopic (exact) mass is 253 g/mol. The quantitative estimate of drug-likeness (QED) is 0.833. The van der Waals surface area contributed by atoms with Gasteiger partial charge in [-0.05, 0) is 17.9 Å². The first-order valence-corrected chi connectivity index (χ1v) is 6.07. The minimum atomic E-state index is -0.0180. The lowest BCUT2D eigenvalue weighted by atomic mass is 10.0. The number of nitrogens with two attached hydrogens (primary N) is 1. The first-order chi connectivity index (χ1) is 7.99. The van der Waals surface area contributed by atoms with E-state index in [1.165, 1.54) is 6.20 Å². The van der Waals surface area contributed by atoms with Gasteiger partial charge in [0.05, 0.1) is 10.6 Å². The summed E-state index contributed by atoms with van der Waals surface area (Å²) >= 11 is 5.86. The van der Waals surface area contributed by atoms with Crippen molar-refractivity contribution in [2.45, 2.75) is 13.8 Å². The zero-order chi connectivity index (χ0) is 12.6. The number of nitrogens with zero attached hydrogens (tertiary/aromatic N) is 2. The average molecular weight is 254 g/mol. The number of rotatable bonds is 1. The normalized spacial score (nSPS) is 24.1. The lowest BCUT2D eigenvalue weighted by molar-refractivity contribution is 0.0784. The van der Waals surface area contributed by atoms with Crippen LogP contribution < -0.4 is 5.73 Å². The molecule has 2 unspecified atom stereocenters. The third kappa shape index (κ3) is 2.36. The van der Waals surface area contributed by atoms with E-state index in [-0.39, 0.29) is 11.7 Å². The second-order valence-electron chi connectivity index (χ2n) is 4.76. The van der Waals surface area contributed by atoms with Gasteiger partial charge in [-0.2, -0.15) is 0 Å². The number of anilines is 1. The number of carbonyl (C=O) groups excluding carboxylic acids is 1. The number of carbonyl (C=O) groups is 1. The van der Waals surface area contributed by atoms with Gasteiger partial charge < -0.3 is 10.6 Å². The summed E-state index contributed by atoms with van der Waals surface area (Å²) < 4.78 is 0. The van der Waals surface area contributed by atoms with Crippen LogP contribution in [0.15, 0.2) is 12.3 Å². The van der Waals surface area contributed by atoms with Gasteiger partial charge in [-0.25, -0.2) is 4.98 Å². The second kappa shape index (κ2) is 4.53. The van der Waals surface area contributed by atoms with E-state index >= 15 is 0 Å². The van der Waals surface area contributed by atoms with Crippen LogP contribution in [0.1, 0.15) is 24.2 Å². The molecule has 2 heterocycles. The predicted octanol–water partition coefficient (Wildman–Crippen LogP) is 2.05. The van der Waals surface area contributed by atoms with Crippen molar-refractivity contribution in [3.05, 3.63) is 22.8 Å². The van der Waals surface area contributed by atoms with Crippen molar-refractivity contribution in [1.82, 2.24) is 9.88 Å². The van der Waals surface area contributed by atoms with Gasteiger partial charge in [-0.1, -0.05) is 25.4 Å². The molecule has 0 aromatic carbocycles. The number of aromatic nitrogens is 1. The molecule has 2 rings (SSSR count). The van der Waals surface area contributed by atoms with Crippen LogP contribution in [0.25, 0.3) is 0 Å². The van der Waals surface area contributed by atoms with Crippen LogP contribution in [0.3, 0.4) is 0 Å². The van der Waals surface area contributed by atoms with E-state index in [0.29, 0.717) is 22.4 Å². The number of nitrogen functional groups attached to an aromatic ring is 1. The molecule has 1 amide bonds. The summed E-state index contributed by atoms with van der Waals surface area (Å²) in [6, 6.07) is 1.58. The molecular formula is C12H16ClN3O. The van der Waals surface area contributed by atoms with E-state index in [9.17, 15) is 4.79 Å². The van der Waals surface area contributed by atoms with Gasteiger partial charge in [0.2, 0.25) is 0 Å². The maximum Gasteiger partial charge on any atom is 0.255 e.